The third-order valence-corrected chi connectivity index (χ3v) is 4.72. The molecule has 0 fully saturated rings. The van der Waals surface area contributed by atoms with E-state index in [0.717, 1.165) is 28.8 Å². The molecular weight excluding hydrogens is 455 g/mol. The molecule has 3 aromatic rings. The number of benzene rings is 2. The lowest BCUT2D eigenvalue weighted by atomic mass is 10.1. The van der Waals surface area contributed by atoms with E-state index in [-0.39, 0.29) is 24.0 Å². The Bertz CT molecular complexity index is 846. The zero-order chi connectivity index (χ0) is 17.5. The van der Waals surface area contributed by atoms with Crippen molar-refractivity contribution in [3.05, 3.63) is 76.8 Å². The monoisotopic (exact) mass is 478 g/mol. The molecule has 0 bridgehead atoms. The van der Waals surface area contributed by atoms with E-state index in [1.54, 1.807) is 18.4 Å². The van der Waals surface area contributed by atoms with Gasteiger partial charge in [0.25, 0.3) is 0 Å². The van der Waals surface area contributed by atoms with Crippen molar-refractivity contribution < 1.29 is 0 Å². The second-order valence-corrected chi connectivity index (χ2v) is 6.64. The Balaban J connectivity index is 0.00000243. The predicted molar refractivity (Wildman–Crippen MR) is 121 cm³/mol. The van der Waals surface area contributed by atoms with Crippen LogP contribution >= 0.6 is 35.3 Å². The molecule has 0 aliphatic rings. The van der Waals surface area contributed by atoms with Gasteiger partial charge >= 0.3 is 0 Å². The number of aliphatic imine (C=N–C) groups is 1. The summed E-state index contributed by atoms with van der Waals surface area (Å²) >= 11 is 1.66. The molecule has 0 spiro atoms. The summed E-state index contributed by atoms with van der Waals surface area (Å²) < 4.78 is 0. The Morgan fingerprint density at radius 3 is 2.54 bits per heavy atom. The highest BCUT2D eigenvalue weighted by atomic mass is 127. The van der Waals surface area contributed by atoms with Crippen molar-refractivity contribution in [2.75, 3.05) is 7.05 Å². The maximum atomic E-state index is 4.69. The second kappa shape index (κ2) is 10.3. The van der Waals surface area contributed by atoms with E-state index < -0.39 is 0 Å². The molecule has 0 saturated carbocycles. The van der Waals surface area contributed by atoms with Gasteiger partial charge in [-0.15, -0.1) is 35.3 Å². The standard InChI is InChI=1S/C20H22N4S.HI/c1-15-7-6-8-16(11-15)12-22-20(21-2)23-13-18-14-25-19(24-18)17-9-4-3-5-10-17;/h3-11,14H,12-13H2,1-2H3,(H2,21,22,23);1H. The molecule has 6 heteroatoms. The van der Waals surface area contributed by atoms with Gasteiger partial charge in [0.2, 0.25) is 0 Å². The fourth-order valence-corrected chi connectivity index (χ4v) is 3.33. The van der Waals surface area contributed by atoms with Gasteiger partial charge in [-0.3, -0.25) is 4.99 Å². The molecule has 0 saturated heterocycles. The molecule has 3 rings (SSSR count). The molecule has 136 valence electrons. The predicted octanol–water partition coefficient (Wildman–Crippen LogP) is 4.60. The number of halogens is 1. The van der Waals surface area contributed by atoms with Crippen LogP contribution in [0.4, 0.5) is 0 Å². The van der Waals surface area contributed by atoms with Crippen molar-refractivity contribution in [2.45, 2.75) is 20.0 Å². The van der Waals surface area contributed by atoms with Gasteiger partial charge in [0.1, 0.15) is 5.01 Å². The van der Waals surface area contributed by atoms with Crippen LogP contribution in [0, 0.1) is 6.92 Å². The van der Waals surface area contributed by atoms with Gasteiger partial charge in [-0.25, -0.2) is 4.98 Å². The molecule has 26 heavy (non-hydrogen) atoms. The molecule has 2 aromatic carbocycles. The lowest BCUT2D eigenvalue weighted by Gasteiger charge is -2.11. The molecule has 4 nitrogen and oxygen atoms in total. The van der Waals surface area contributed by atoms with Crippen LogP contribution in [-0.2, 0) is 13.1 Å². The average molecular weight is 478 g/mol. The molecule has 0 aliphatic heterocycles. The van der Waals surface area contributed by atoms with E-state index in [2.05, 4.69) is 69.3 Å². The van der Waals surface area contributed by atoms with Gasteiger partial charge in [0.05, 0.1) is 12.2 Å². The minimum atomic E-state index is 0. The highest BCUT2D eigenvalue weighted by molar-refractivity contribution is 14.0. The number of nitrogens with zero attached hydrogens (tertiary/aromatic N) is 2. The summed E-state index contributed by atoms with van der Waals surface area (Å²) in [7, 11) is 1.78. The van der Waals surface area contributed by atoms with E-state index >= 15 is 0 Å². The van der Waals surface area contributed by atoms with Gasteiger partial charge in [0.15, 0.2) is 5.96 Å². The van der Waals surface area contributed by atoms with Crippen LogP contribution in [0.2, 0.25) is 0 Å². The zero-order valence-corrected chi connectivity index (χ0v) is 18.0. The van der Waals surface area contributed by atoms with Crippen LogP contribution in [0.1, 0.15) is 16.8 Å². The molecule has 1 heterocycles. The summed E-state index contributed by atoms with van der Waals surface area (Å²) in [5, 5.41) is 9.78. The lowest BCUT2D eigenvalue weighted by Crippen LogP contribution is -2.36. The Morgan fingerprint density at radius 1 is 1.04 bits per heavy atom. The first-order valence-electron chi connectivity index (χ1n) is 8.24. The van der Waals surface area contributed by atoms with Crippen molar-refractivity contribution >= 4 is 41.3 Å². The first kappa shape index (κ1) is 20.4. The quantitative estimate of drug-likeness (QED) is 0.320. The van der Waals surface area contributed by atoms with E-state index in [1.165, 1.54) is 11.1 Å². The largest absolute Gasteiger partial charge is 0.352 e. The smallest absolute Gasteiger partial charge is 0.191 e. The molecule has 0 aliphatic carbocycles. The van der Waals surface area contributed by atoms with Crippen molar-refractivity contribution in [3.63, 3.8) is 0 Å². The number of rotatable bonds is 5. The number of aromatic nitrogens is 1. The second-order valence-electron chi connectivity index (χ2n) is 5.78. The van der Waals surface area contributed by atoms with Crippen LogP contribution < -0.4 is 10.6 Å². The molecule has 2 N–H and O–H groups in total. The Hall–Kier alpha value is -1.93. The number of guanidine groups is 1. The van der Waals surface area contributed by atoms with Crippen molar-refractivity contribution in [2.24, 2.45) is 4.99 Å². The maximum absolute atomic E-state index is 4.69. The SMILES string of the molecule is CN=C(NCc1cccc(C)c1)NCc1csc(-c2ccccc2)n1.I. The van der Waals surface area contributed by atoms with Gasteiger partial charge in [0, 0.05) is 24.5 Å². The summed E-state index contributed by atoms with van der Waals surface area (Å²) in [5.74, 6) is 0.774. The summed E-state index contributed by atoms with van der Waals surface area (Å²) in [6, 6.07) is 18.7. The topological polar surface area (TPSA) is 49.3 Å². The zero-order valence-electron chi connectivity index (χ0n) is 14.9. The third-order valence-electron chi connectivity index (χ3n) is 3.78. The van der Waals surface area contributed by atoms with Crippen LogP contribution in [0.25, 0.3) is 10.6 Å². The molecule has 0 radical (unpaired) electrons. The highest BCUT2D eigenvalue weighted by Gasteiger charge is 2.05. The van der Waals surface area contributed by atoms with Crippen LogP contribution in [0.15, 0.2) is 65.0 Å². The Labute approximate surface area is 175 Å². The van der Waals surface area contributed by atoms with E-state index in [1.807, 2.05) is 18.2 Å². The van der Waals surface area contributed by atoms with Gasteiger partial charge in [-0.1, -0.05) is 60.2 Å². The van der Waals surface area contributed by atoms with Crippen molar-refractivity contribution in [1.82, 2.24) is 15.6 Å². The van der Waals surface area contributed by atoms with Gasteiger partial charge in [-0.05, 0) is 12.5 Å². The molecule has 0 unspecified atom stereocenters. The van der Waals surface area contributed by atoms with Crippen molar-refractivity contribution in [3.8, 4) is 10.6 Å². The summed E-state index contributed by atoms with van der Waals surface area (Å²) in [4.78, 5) is 8.97. The van der Waals surface area contributed by atoms with E-state index in [9.17, 15) is 0 Å². The van der Waals surface area contributed by atoms with Crippen LogP contribution in [0.3, 0.4) is 0 Å². The Morgan fingerprint density at radius 2 is 1.81 bits per heavy atom. The van der Waals surface area contributed by atoms with Crippen LogP contribution in [-0.4, -0.2) is 18.0 Å². The van der Waals surface area contributed by atoms with Gasteiger partial charge < -0.3 is 10.6 Å². The minimum Gasteiger partial charge on any atom is -0.352 e. The summed E-state index contributed by atoms with van der Waals surface area (Å²) in [6.07, 6.45) is 0. The number of hydrogen-bond donors (Lipinski definition) is 2. The average Bonchev–Trinajstić information content (AvgIpc) is 3.12. The number of thiazole rings is 1. The molecule has 0 atom stereocenters. The normalized spacial score (nSPS) is 10.9. The fraction of sp³-hybridized carbons (Fsp3) is 0.200. The minimum absolute atomic E-state index is 0. The highest BCUT2D eigenvalue weighted by Crippen LogP contribution is 2.23. The number of hydrogen-bond acceptors (Lipinski definition) is 3. The molecule has 0 amide bonds. The number of nitrogens with one attached hydrogen (secondary N) is 2. The first-order valence-corrected chi connectivity index (χ1v) is 9.12. The van der Waals surface area contributed by atoms with Crippen LogP contribution in [0.5, 0.6) is 0 Å². The molecule has 1 aromatic heterocycles. The molecular formula is C20H23IN4S. The fourth-order valence-electron chi connectivity index (χ4n) is 2.50. The van der Waals surface area contributed by atoms with Crippen molar-refractivity contribution in [1.29, 1.82) is 0 Å². The van der Waals surface area contributed by atoms with E-state index in [4.69, 9.17) is 0 Å². The maximum Gasteiger partial charge on any atom is 0.191 e. The number of aryl methyl sites for hydroxylation is 1. The summed E-state index contributed by atoms with van der Waals surface area (Å²) in [5.41, 5.74) is 4.67. The van der Waals surface area contributed by atoms with Gasteiger partial charge in [-0.2, -0.15) is 0 Å². The summed E-state index contributed by atoms with van der Waals surface area (Å²) in [6.45, 7) is 3.49. The Kier molecular flexibility index (Phi) is 8.06. The lowest BCUT2D eigenvalue weighted by molar-refractivity contribution is 0.798. The first-order chi connectivity index (χ1) is 12.2. The van der Waals surface area contributed by atoms with E-state index in [0.29, 0.717) is 6.54 Å². The third kappa shape index (κ3) is 5.81.